The van der Waals surface area contributed by atoms with Gasteiger partial charge in [-0.1, -0.05) is 18.2 Å². The summed E-state index contributed by atoms with van der Waals surface area (Å²) in [7, 11) is -1.80. The molecule has 1 aromatic heterocycles. The quantitative estimate of drug-likeness (QED) is 0.791. The van der Waals surface area contributed by atoms with Gasteiger partial charge < -0.3 is 9.47 Å². The van der Waals surface area contributed by atoms with Crippen molar-refractivity contribution in [2.75, 3.05) is 19.1 Å². The Morgan fingerprint density at radius 2 is 1.85 bits per heavy atom. The SMILES string of the molecule is COCc1ncnc(N(C(=O)NS(=O)(=O)c2ccccc2)C(=O)OC)n1. The lowest BCUT2D eigenvalue weighted by Gasteiger charge is -2.18. The molecule has 1 aromatic carbocycles. The van der Waals surface area contributed by atoms with Crippen LogP contribution in [-0.4, -0.2) is 49.7 Å². The van der Waals surface area contributed by atoms with Gasteiger partial charge in [-0.2, -0.15) is 9.88 Å². The fourth-order valence-corrected chi connectivity index (χ4v) is 2.75. The molecule has 11 nitrogen and oxygen atoms in total. The predicted molar refractivity (Wildman–Crippen MR) is 87.6 cm³/mol. The van der Waals surface area contributed by atoms with Gasteiger partial charge in [0, 0.05) is 7.11 Å². The molecule has 2 aromatic rings. The Bertz CT molecular complexity index is 890. The molecule has 0 saturated heterocycles. The van der Waals surface area contributed by atoms with Crippen LogP contribution in [0.5, 0.6) is 0 Å². The van der Waals surface area contributed by atoms with Gasteiger partial charge in [-0.05, 0) is 12.1 Å². The van der Waals surface area contributed by atoms with E-state index in [9.17, 15) is 18.0 Å². The van der Waals surface area contributed by atoms with Crippen molar-refractivity contribution in [3.05, 3.63) is 42.5 Å². The lowest BCUT2D eigenvalue weighted by atomic mass is 10.4. The number of anilines is 1. The third kappa shape index (κ3) is 4.49. The van der Waals surface area contributed by atoms with E-state index in [0.29, 0.717) is 4.90 Å². The topological polar surface area (TPSA) is 141 Å². The lowest BCUT2D eigenvalue weighted by Crippen LogP contribution is -2.47. The maximum Gasteiger partial charge on any atom is 0.424 e. The summed E-state index contributed by atoms with van der Waals surface area (Å²) in [5.74, 6) is -0.287. The average Bonchev–Trinajstić information content (AvgIpc) is 2.62. The summed E-state index contributed by atoms with van der Waals surface area (Å²) in [5.41, 5.74) is 0. The van der Waals surface area contributed by atoms with Crippen molar-refractivity contribution in [2.45, 2.75) is 11.5 Å². The minimum Gasteiger partial charge on any atom is -0.452 e. The number of sulfonamides is 1. The molecule has 2 rings (SSSR count). The van der Waals surface area contributed by atoms with Crippen molar-refractivity contribution in [2.24, 2.45) is 0 Å². The van der Waals surface area contributed by atoms with Crippen molar-refractivity contribution < 1.29 is 27.5 Å². The van der Waals surface area contributed by atoms with Crippen molar-refractivity contribution in [1.82, 2.24) is 19.7 Å². The number of ether oxygens (including phenoxy) is 2. The molecule has 0 spiro atoms. The van der Waals surface area contributed by atoms with Crippen LogP contribution in [-0.2, 0) is 26.1 Å². The highest BCUT2D eigenvalue weighted by Crippen LogP contribution is 2.12. The van der Waals surface area contributed by atoms with E-state index in [2.05, 4.69) is 19.7 Å². The second kappa shape index (κ2) is 8.31. The molecule has 0 unspecified atom stereocenters. The van der Waals surface area contributed by atoms with E-state index in [1.807, 2.05) is 0 Å². The van der Waals surface area contributed by atoms with E-state index in [-0.39, 0.29) is 17.3 Å². The maximum absolute atomic E-state index is 12.4. The number of rotatable bonds is 5. The smallest absolute Gasteiger partial charge is 0.424 e. The summed E-state index contributed by atoms with van der Waals surface area (Å²) >= 11 is 0. The molecule has 3 amide bonds. The number of amides is 3. The van der Waals surface area contributed by atoms with Crippen LogP contribution < -0.4 is 9.62 Å². The number of hydrogen-bond donors (Lipinski definition) is 1. The minimum absolute atomic E-state index is 0.00549. The van der Waals surface area contributed by atoms with E-state index in [4.69, 9.17) is 4.74 Å². The summed E-state index contributed by atoms with van der Waals surface area (Å²) in [6, 6.07) is 5.86. The molecular formula is C14H15N5O6S. The number of carbonyl (C=O) groups excluding carboxylic acids is 2. The molecule has 0 aliphatic heterocycles. The normalized spacial score (nSPS) is 10.8. The monoisotopic (exact) mass is 381 g/mol. The van der Waals surface area contributed by atoms with Crippen LogP contribution in [0.25, 0.3) is 0 Å². The Morgan fingerprint density at radius 1 is 1.15 bits per heavy atom. The third-order valence-corrected chi connectivity index (χ3v) is 4.25. The number of urea groups is 1. The van der Waals surface area contributed by atoms with E-state index in [1.165, 1.54) is 31.4 Å². The molecule has 0 fully saturated rings. The fraction of sp³-hybridized carbons (Fsp3) is 0.214. The van der Waals surface area contributed by atoms with Gasteiger partial charge in [0.2, 0.25) is 5.95 Å². The summed E-state index contributed by atoms with van der Waals surface area (Å²) in [4.78, 5) is 35.9. The van der Waals surface area contributed by atoms with Gasteiger partial charge in [0.05, 0.1) is 12.0 Å². The number of aromatic nitrogens is 3. The first-order valence-electron chi connectivity index (χ1n) is 7.06. The predicted octanol–water partition coefficient (Wildman–Crippen LogP) is 0.689. The molecule has 12 heteroatoms. The van der Waals surface area contributed by atoms with Gasteiger partial charge in [-0.3, -0.25) is 0 Å². The van der Waals surface area contributed by atoms with Crippen LogP contribution in [0.3, 0.4) is 0 Å². The van der Waals surface area contributed by atoms with Crippen molar-refractivity contribution >= 4 is 28.1 Å². The number of hydrogen-bond acceptors (Lipinski definition) is 9. The number of carbonyl (C=O) groups is 2. The molecule has 0 aliphatic rings. The zero-order valence-electron chi connectivity index (χ0n) is 13.8. The van der Waals surface area contributed by atoms with E-state index < -0.39 is 28.1 Å². The molecular weight excluding hydrogens is 366 g/mol. The van der Waals surface area contributed by atoms with Gasteiger partial charge in [-0.15, -0.1) is 0 Å². The minimum atomic E-state index is -4.22. The summed E-state index contributed by atoms with van der Waals surface area (Å²) in [6.07, 6.45) is -0.133. The number of benzene rings is 1. The van der Waals surface area contributed by atoms with Crippen molar-refractivity contribution in [1.29, 1.82) is 0 Å². The van der Waals surface area contributed by atoms with Gasteiger partial charge in [0.25, 0.3) is 10.0 Å². The van der Waals surface area contributed by atoms with Gasteiger partial charge in [0.15, 0.2) is 5.82 Å². The third-order valence-electron chi connectivity index (χ3n) is 2.92. The van der Waals surface area contributed by atoms with Crippen LogP contribution in [0.1, 0.15) is 5.82 Å². The molecule has 0 saturated carbocycles. The second-order valence-corrected chi connectivity index (χ2v) is 6.35. The van der Waals surface area contributed by atoms with Crippen LogP contribution in [0.15, 0.2) is 41.6 Å². The first kappa shape index (κ1) is 19.2. The Kier molecular flexibility index (Phi) is 6.14. The zero-order chi connectivity index (χ0) is 19.2. The highest BCUT2D eigenvalue weighted by Gasteiger charge is 2.31. The van der Waals surface area contributed by atoms with E-state index >= 15 is 0 Å². The largest absolute Gasteiger partial charge is 0.452 e. The lowest BCUT2D eigenvalue weighted by molar-refractivity contribution is 0.175. The molecule has 1 heterocycles. The number of nitrogens with one attached hydrogen (secondary N) is 1. The second-order valence-electron chi connectivity index (χ2n) is 4.66. The maximum atomic E-state index is 12.4. The summed E-state index contributed by atoms with van der Waals surface area (Å²) in [6.45, 7) is -0.00549. The van der Waals surface area contributed by atoms with Crippen LogP contribution >= 0.6 is 0 Å². The van der Waals surface area contributed by atoms with Crippen molar-refractivity contribution in [3.63, 3.8) is 0 Å². The fourth-order valence-electron chi connectivity index (χ4n) is 1.79. The van der Waals surface area contributed by atoms with Crippen LogP contribution in [0.4, 0.5) is 15.5 Å². The standard InChI is InChI=1S/C14H15N5O6S/c1-24-8-11-15-9-16-12(17-11)19(14(21)25-2)13(20)18-26(22,23)10-6-4-3-5-7-10/h3-7,9H,8H2,1-2H3,(H,18,20). The van der Waals surface area contributed by atoms with E-state index in [0.717, 1.165) is 13.4 Å². The molecule has 0 aliphatic carbocycles. The molecule has 1 N–H and O–H groups in total. The molecule has 26 heavy (non-hydrogen) atoms. The average molecular weight is 381 g/mol. The molecule has 0 radical (unpaired) electrons. The Labute approximate surface area is 149 Å². The van der Waals surface area contributed by atoms with Crippen LogP contribution in [0, 0.1) is 0 Å². The Balaban J connectivity index is 2.34. The van der Waals surface area contributed by atoms with Crippen LogP contribution in [0.2, 0.25) is 0 Å². The number of nitrogens with zero attached hydrogens (tertiary/aromatic N) is 4. The summed E-state index contributed by atoms with van der Waals surface area (Å²) in [5, 5.41) is 0. The molecule has 0 atom stereocenters. The number of imide groups is 1. The Morgan fingerprint density at radius 3 is 2.46 bits per heavy atom. The zero-order valence-corrected chi connectivity index (χ0v) is 14.6. The Hall–Kier alpha value is -3.12. The van der Waals surface area contributed by atoms with Gasteiger partial charge >= 0.3 is 12.1 Å². The van der Waals surface area contributed by atoms with Gasteiger partial charge in [0.1, 0.15) is 12.9 Å². The summed E-state index contributed by atoms with van der Waals surface area (Å²) < 4.78 is 35.7. The first-order valence-corrected chi connectivity index (χ1v) is 8.54. The van der Waals surface area contributed by atoms with E-state index in [1.54, 1.807) is 10.8 Å². The van der Waals surface area contributed by atoms with Crippen molar-refractivity contribution in [3.8, 4) is 0 Å². The molecule has 0 bridgehead atoms. The first-order chi connectivity index (χ1) is 12.4. The highest BCUT2D eigenvalue weighted by atomic mass is 32.2. The van der Waals surface area contributed by atoms with Gasteiger partial charge in [-0.25, -0.2) is 32.7 Å². The highest BCUT2D eigenvalue weighted by molar-refractivity contribution is 7.90. The molecule has 138 valence electrons. The number of methoxy groups -OCH3 is 2.